The summed E-state index contributed by atoms with van der Waals surface area (Å²) in [6, 6.07) is 5.56. The quantitative estimate of drug-likeness (QED) is 0.802. The second kappa shape index (κ2) is 8.39. The summed E-state index contributed by atoms with van der Waals surface area (Å²) >= 11 is 0. The second-order valence-corrected chi connectivity index (χ2v) is 9.21. The Hall–Kier alpha value is -1.93. The molecule has 2 N–H and O–H groups in total. The molecule has 1 aliphatic heterocycles. The zero-order valence-electron chi connectivity index (χ0n) is 15.6. The molecule has 1 aromatic rings. The number of hydrogen-bond acceptors (Lipinski definition) is 4. The van der Waals surface area contributed by atoms with Crippen LogP contribution in [0.25, 0.3) is 0 Å². The minimum Gasteiger partial charge on any atom is -0.352 e. The van der Waals surface area contributed by atoms with E-state index in [1.807, 2.05) is 0 Å². The predicted octanol–water partition coefficient (Wildman–Crippen LogP) is 2.25. The van der Waals surface area contributed by atoms with Crippen LogP contribution in [0.15, 0.2) is 29.2 Å². The highest BCUT2D eigenvalue weighted by molar-refractivity contribution is 7.89. The van der Waals surface area contributed by atoms with E-state index in [1.54, 1.807) is 12.1 Å². The minimum absolute atomic E-state index is 0.133. The molecule has 0 spiro atoms. The van der Waals surface area contributed by atoms with E-state index in [1.165, 1.54) is 29.8 Å². The van der Waals surface area contributed by atoms with Crippen LogP contribution in [0.4, 0.5) is 5.69 Å². The van der Waals surface area contributed by atoms with Crippen molar-refractivity contribution in [2.45, 2.75) is 68.8 Å². The summed E-state index contributed by atoms with van der Waals surface area (Å²) in [5, 5.41) is 5.67. The zero-order chi connectivity index (χ0) is 19.4. The largest absolute Gasteiger partial charge is 0.352 e. The van der Waals surface area contributed by atoms with E-state index in [2.05, 4.69) is 10.6 Å². The number of carbonyl (C=O) groups is 2. The topological polar surface area (TPSA) is 95.6 Å². The predicted molar refractivity (Wildman–Crippen MR) is 103 cm³/mol. The Bertz CT molecular complexity index is 786. The number of rotatable bonds is 5. The molecule has 8 heteroatoms. The lowest BCUT2D eigenvalue weighted by Gasteiger charge is -2.28. The first-order valence-corrected chi connectivity index (χ1v) is 11.0. The molecule has 0 bridgehead atoms. The van der Waals surface area contributed by atoms with Crippen molar-refractivity contribution in [3.05, 3.63) is 24.3 Å². The van der Waals surface area contributed by atoms with Gasteiger partial charge in [0.05, 0.1) is 4.90 Å². The van der Waals surface area contributed by atoms with E-state index in [0.717, 1.165) is 25.7 Å². The number of nitrogens with zero attached hydrogens (tertiary/aromatic N) is 1. The lowest BCUT2D eigenvalue weighted by Crippen LogP contribution is -2.49. The van der Waals surface area contributed by atoms with E-state index in [-0.39, 0.29) is 22.8 Å². The molecule has 1 saturated heterocycles. The van der Waals surface area contributed by atoms with E-state index in [0.29, 0.717) is 25.1 Å². The van der Waals surface area contributed by atoms with Crippen molar-refractivity contribution < 1.29 is 18.0 Å². The maximum atomic E-state index is 13.0. The molecule has 1 atom stereocenters. The van der Waals surface area contributed by atoms with Gasteiger partial charge >= 0.3 is 0 Å². The first-order valence-electron chi connectivity index (χ1n) is 9.58. The van der Waals surface area contributed by atoms with Crippen molar-refractivity contribution in [1.82, 2.24) is 9.62 Å². The Morgan fingerprint density at radius 1 is 1.00 bits per heavy atom. The minimum atomic E-state index is -3.76. The van der Waals surface area contributed by atoms with Crippen LogP contribution in [-0.2, 0) is 19.6 Å². The molecular weight excluding hydrogens is 366 g/mol. The molecule has 1 saturated carbocycles. The van der Waals surface area contributed by atoms with E-state index < -0.39 is 16.1 Å². The first kappa shape index (κ1) is 19.8. The van der Waals surface area contributed by atoms with Crippen LogP contribution < -0.4 is 10.6 Å². The number of amides is 2. The summed E-state index contributed by atoms with van der Waals surface area (Å²) in [5.41, 5.74) is 0.537. The van der Waals surface area contributed by atoms with Gasteiger partial charge in [0.15, 0.2) is 0 Å². The molecule has 1 heterocycles. The Morgan fingerprint density at radius 3 is 2.30 bits per heavy atom. The number of carbonyl (C=O) groups excluding carboxylic acids is 2. The monoisotopic (exact) mass is 393 g/mol. The van der Waals surface area contributed by atoms with Gasteiger partial charge in [0, 0.05) is 25.2 Å². The lowest BCUT2D eigenvalue weighted by molar-refractivity contribution is -0.125. The fraction of sp³-hybridized carbons (Fsp3) is 0.579. The Morgan fingerprint density at radius 2 is 1.67 bits per heavy atom. The molecule has 0 radical (unpaired) electrons. The summed E-state index contributed by atoms with van der Waals surface area (Å²) in [5.74, 6) is -0.401. The number of nitrogens with one attached hydrogen (secondary N) is 2. The smallest absolute Gasteiger partial charge is 0.243 e. The molecule has 27 heavy (non-hydrogen) atoms. The number of hydrogen-bond donors (Lipinski definition) is 2. The number of benzene rings is 1. The number of sulfonamides is 1. The lowest BCUT2D eigenvalue weighted by atomic mass is 9.95. The maximum Gasteiger partial charge on any atom is 0.243 e. The van der Waals surface area contributed by atoms with Crippen molar-refractivity contribution in [2.24, 2.45) is 0 Å². The first-order chi connectivity index (χ1) is 12.9. The Balaban J connectivity index is 1.72. The molecule has 148 valence electrons. The van der Waals surface area contributed by atoms with Crippen molar-refractivity contribution in [1.29, 1.82) is 0 Å². The van der Waals surface area contributed by atoms with Gasteiger partial charge in [-0.05, 0) is 49.9 Å². The highest BCUT2D eigenvalue weighted by Gasteiger charge is 2.39. The van der Waals surface area contributed by atoms with E-state index >= 15 is 0 Å². The van der Waals surface area contributed by atoms with Crippen molar-refractivity contribution in [3.8, 4) is 0 Å². The normalized spacial score (nSPS) is 21.7. The SMILES string of the molecule is CC(=O)Nc1ccc(S(=O)(=O)N2CCC[C@@H]2C(=O)NC2CCCCC2)cc1. The molecule has 2 aliphatic rings. The van der Waals surface area contributed by atoms with Gasteiger partial charge in [-0.2, -0.15) is 4.31 Å². The van der Waals surface area contributed by atoms with Gasteiger partial charge in [0.25, 0.3) is 0 Å². The highest BCUT2D eigenvalue weighted by Crippen LogP contribution is 2.27. The van der Waals surface area contributed by atoms with Crippen LogP contribution >= 0.6 is 0 Å². The summed E-state index contributed by atoms with van der Waals surface area (Å²) in [6.45, 7) is 1.74. The van der Waals surface area contributed by atoms with Gasteiger partial charge in [-0.25, -0.2) is 8.42 Å². The van der Waals surface area contributed by atoms with E-state index in [4.69, 9.17) is 0 Å². The Kier molecular flexibility index (Phi) is 6.16. The molecule has 7 nitrogen and oxygen atoms in total. The van der Waals surface area contributed by atoms with Crippen molar-refractivity contribution >= 4 is 27.5 Å². The fourth-order valence-electron chi connectivity index (χ4n) is 3.88. The van der Waals surface area contributed by atoms with Gasteiger partial charge in [-0.15, -0.1) is 0 Å². The molecule has 1 aliphatic carbocycles. The van der Waals surface area contributed by atoms with Gasteiger partial charge in [0.2, 0.25) is 21.8 Å². The molecule has 3 rings (SSSR count). The molecule has 2 fully saturated rings. The summed E-state index contributed by atoms with van der Waals surface area (Å²) in [4.78, 5) is 23.9. The van der Waals surface area contributed by atoms with Crippen LogP contribution in [0.2, 0.25) is 0 Å². The van der Waals surface area contributed by atoms with Gasteiger partial charge < -0.3 is 10.6 Å². The third kappa shape index (κ3) is 4.68. The fourth-order valence-corrected chi connectivity index (χ4v) is 5.54. The van der Waals surface area contributed by atoms with Crippen LogP contribution in [0.1, 0.15) is 51.9 Å². The highest BCUT2D eigenvalue weighted by atomic mass is 32.2. The van der Waals surface area contributed by atoms with E-state index in [9.17, 15) is 18.0 Å². The number of anilines is 1. The molecule has 0 unspecified atom stereocenters. The second-order valence-electron chi connectivity index (χ2n) is 7.32. The maximum absolute atomic E-state index is 13.0. The van der Waals surface area contributed by atoms with Gasteiger partial charge in [-0.3, -0.25) is 9.59 Å². The molecule has 2 amide bonds. The van der Waals surface area contributed by atoms with Crippen LogP contribution in [0, 0.1) is 0 Å². The van der Waals surface area contributed by atoms with Crippen LogP contribution in [0.5, 0.6) is 0 Å². The summed E-state index contributed by atoms with van der Waals surface area (Å²) < 4.78 is 27.4. The average molecular weight is 394 g/mol. The van der Waals surface area contributed by atoms with Crippen LogP contribution in [0.3, 0.4) is 0 Å². The third-order valence-electron chi connectivity index (χ3n) is 5.24. The molecule has 0 aromatic heterocycles. The van der Waals surface area contributed by atoms with Crippen molar-refractivity contribution in [3.63, 3.8) is 0 Å². The zero-order valence-corrected chi connectivity index (χ0v) is 16.4. The standard InChI is InChI=1S/C19H27N3O4S/c1-14(23)20-16-9-11-17(12-10-16)27(25,26)22-13-5-8-18(22)19(24)21-15-6-3-2-4-7-15/h9-12,15,18H,2-8,13H2,1H3,(H,20,23)(H,21,24)/t18-/m1/s1. The van der Waals surface area contributed by atoms with Gasteiger partial charge in [0.1, 0.15) is 6.04 Å². The summed E-state index contributed by atoms with van der Waals surface area (Å²) in [6.07, 6.45) is 6.57. The van der Waals surface area contributed by atoms with Crippen molar-refractivity contribution in [2.75, 3.05) is 11.9 Å². The third-order valence-corrected chi connectivity index (χ3v) is 7.16. The van der Waals surface area contributed by atoms with Gasteiger partial charge in [-0.1, -0.05) is 19.3 Å². The van der Waals surface area contributed by atoms with Crippen LogP contribution in [-0.4, -0.2) is 43.2 Å². The summed E-state index contributed by atoms with van der Waals surface area (Å²) in [7, 11) is -3.76. The Labute approximate surface area is 160 Å². The average Bonchev–Trinajstić information content (AvgIpc) is 3.13. The molecular formula is C19H27N3O4S. The molecule has 1 aromatic carbocycles.